The molecular formula is C21H21F3N6O4S. The van der Waals surface area contributed by atoms with Crippen molar-refractivity contribution in [3.8, 4) is 0 Å². The molecule has 4 rings (SSSR count). The fraction of sp³-hybridized carbons (Fsp3) is 0.333. The highest BCUT2D eigenvalue weighted by Gasteiger charge is 2.28. The summed E-state index contributed by atoms with van der Waals surface area (Å²) < 4.78 is 68.4. The van der Waals surface area contributed by atoms with Crippen LogP contribution < -0.4 is 10.5 Å². The number of anilines is 1. The van der Waals surface area contributed by atoms with Gasteiger partial charge >= 0.3 is 10.3 Å². The van der Waals surface area contributed by atoms with E-state index in [4.69, 9.17) is 5.14 Å². The maximum atomic E-state index is 13.9. The van der Waals surface area contributed by atoms with Gasteiger partial charge in [0.15, 0.2) is 11.6 Å². The Hall–Kier alpha value is -3.36. The average molecular weight is 510 g/mol. The van der Waals surface area contributed by atoms with Crippen molar-refractivity contribution >= 4 is 21.9 Å². The van der Waals surface area contributed by atoms with Crippen LogP contribution in [0.4, 0.5) is 19.0 Å². The molecule has 1 fully saturated rings. The Kier molecular flexibility index (Phi) is 7.14. The van der Waals surface area contributed by atoms with Crippen LogP contribution >= 0.6 is 0 Å². The fourth-order valence-electron chi connectivity index (χ4n) is 3.92. The Morgan fingerprint density at radius 2 is 1.97 bits per heavy atom. The summed E-state index contributed by atoms with van der Waals surface area (Å²) in [7, 11) is -4.01. The van der Waals surface area contributed by atoms with Crippen LogP contribution in [0.1, 0.15) is 40.9 Å². The predicted molar refractivity (Wildman–Crippen MR) is 117 cm³/mol. The van der Waals surface area contributed by atoms with Crippen LogP contribution in [-0.4, -0.2) is 46.6 Å². The van der Waals surface area contributed by atoms with Crippen molar-refractivity contribution in [3.63, 3.8) is 0 Å². The number of benzene rings is 1. The Labute approximate surface area is 198 Å². The third-order valence-electron chi connectivity index (χ3n) is 5.60. The molecule has 0 amide bonds. The maximum absolute atomic E-state index is 13.9. The van der Waals surface area contributed by atoms with Gasteiger partial charge in [-0.15, -0.1) is 0 Å². The second kappa shape index (κ2) is 10.1. The van der Waals surface area contributed by atoms with E-state index in [2.05, 4.69) is 24.6 Å². The number of halogens is 3. The molecule has 2 heterocycles. The summed E-state index contributed by atoms with van der Waals surface area (Å²) in [6.45, 7) is -0.237. The van der Waals surface area contributed by atoms with Crippen molar-refractivity contribution in [1.82, 2.24) is 19.7 Å². The van der Waals surface area contributed by atoms with E-state index < -0.39 is 33.5 Å². The lowest BCUT2D eigenvalue weighted by atomic mass is 10.1. The Bertz CT molecular complexity index is 1350. The summed E-state index contributed by atoms with van der Waals surface area (Å²) in [5.74, 6) is -3.66. The lowest BCUT2D eigenvalue weighted by Gasteiger charge is -2.15. The van der Waals surface area contributed by atoms with Crippen LogP contribution in [0.5, 0.6) is 0 Å². The summed E-state index contributed by atoms with van der Waals surface area (Å²) in [5.41, 5.74) is 0.0521. The zero-order chi connectivity index (χ0) is 25.2. The summed E-state index contributed by atoms with van der Waals surface area (Å²) in [5, 5.41) is 12.2. The molecule has 10 nitrogen and oxygen atoms in total. The SMILES string of the molecule is NS(=O)(=O)OCC1CCC(Nc2ncncc2C(=O)c2ccn(Cc3cc(F)c(F)cc3F)n2)C1. The van der Waals surface area contributed by atoms with Gasteiger partial charge < -0.3 is 5.32 Å². The molecule has 0 spiro atoms. The van der Waals surface area contributed by atoms with Gasteiger partial charge in [-0.2, -0.15) is 13.5 Å². The minimum absolute atomic E-state index is 0.0247. The van der Waals surface area contributed by atoms with E-state index in [1.807, 2.05) is 0 Å². The maximum Gasteiger partial charge on any atom is 0.333 e. The molecule has 0 saturated heterocycles. The third kappa shape index (κ3) is 6.21. The molecule has 0 radical (unpaired) electrons. The monoisotopic (exact) mass is 510 g/mol. The van der Waals surface area contributed by atoms with Crippen molar-refractivity contribution in [2.24, 2.45) is 11.1 Å². The summed E-state index contributed by atoms with van der Waals surface area (Å²) in [4.78, 5) is 21.1. The highest BCUT2D eigenvalue weighted by Crippen LogP contribution is 2.29. The Morgan fingerprint density at radius 3 is 2.74 bits per heavy atom. The molecule has 3 aromatic rings. The predicted octanol–water partition coefficient (Wildman–Crippen LogP) is 2.17. The molecule has 1 aliphatic carbocycles. The fourth-order valence-corrected chi connectivity index (χ4v) is 4.30. The minimum atomic E-state index is -4.01. The van der Waals surface area contributed by atoms with Gasteiger partial charge in [-0.05, 0) is 37.3 Å². The van der Waals surface area contributed by atoms with Gasteiger partial charge in [-0.1, -0.05) is 0 Å². The summed E-state index contributed by atoms with van der Waals surface area (Å²) in [6.07, 6.45) is 6.01. The third-order valence-corrected chi connectivity index (χ3v) is 6.07. The summed E-state index contributed by atoms with van der Waals surface area (Å²) >= 11 is 0. The Morgan fingerprint density at radius 1 is 1.20 bits per heavy atom. The van der Waals surface area contributed by atoms with E-state index in [1.54, 1.807) is 0 Å². The molecule has 35 heavy (non-hydrogen) atoms. The number of hydrogen-bond acceptors (Lipinski definition) is 8. The number of hydrogen-bond donors (Lipinski definition) is 2. The first kappa shape index (κ1) is 24.8. The lowest BCUT2D eigenvalue weighted by molar-refractivity contribution is 0.103. The zero-order valence-corrected chi connectivity index (χ0v) is 19.0. The highest BCUT2D eigenvalue weighted by atomic mass is 32.2. The molecule has 2 atom stereocenters. The van der Waals surface area contributed by atoms with Crippen LogP contribution in [0.3, 0.4) is 0 Å². The number of nitrogens with two attached hydrogens (primary N) is 1. The van der Waals surface area contributed by atoms with Crippen LogP contribution in [0.25, 0.3) is 0 Å². The smallest absolute Gasteiger partial charge is 0.333 e. The molecule has 2 aromatic heterocycles. The van der Waals surface area contributed by atoms with Crippen LogP contribution in [0.15, 0.2) is 36.9 Å². The number of carbonyl (C=O) groups excluding carboxylic acids is 1. The van der Waals surface area contributed by atoms with E-state index in [9.17, 15) is 26.4 Å². The van der Waals surface area contributed by atoms with Crippen molar-refractivity contribution in [2.45, 2.75) is 31.8 Å². The van der Waals surface area contributed by atoms with Crippen molar-refractivity contribution in [3.05, 3.63) is 71.2 Å². The number of nitrogens with one attached hydrogen (secondary N) is 1. The van der Waals surface area contributed by atoms with Gasteiger partial charge in [0.25, 0.3) is 0 Å². The molecule has 1 aromatic carbocycles. The molecular weight excluding hydrogens is 489 g/mol. The van der Waals surface area contributed by atoms with E-state index in [-0.39, 0.29) is 47.8 Å². The van der Waals surface area contributed by atoms with E-state index in [0.29, 0.717) is 25.3 Å². The molecule has 1 saturated carbocycles. The Balaban J connectivity index is 1.44. The van der Waals surface area contributed by atoms with Gasteiger partial charge in [0.1, 0.15) is 23.7 Å². The number of rotatable bonds is 9. The standard InChI is InChI=1S/C21H21F3N6O4S/c22-16-7-18(24)17(23)6-13(16)9-30-4-3-19(29-30)20(31)15-8-26-11-27-21(15)28-14-2-1-12(5-14)10-34-35(25,32)33/h3-4,6-8,11-12,14H,1-2,5,9-10H2,(H2,25,32,33)(H,26,27,28). The van der Waals surface area contributed by atoms with E-state index >= 15 is 0 Å². The zero-order valence-electron chi connectivity index (χ0n) is 18.2. The average Bonchev–Trinajstić information content (AvgIpc) is 3.45. The first-order chi connectivity index (χ1) is 16.6. The second-order valence-electron chi connectivity index (χ2n) is 8.17. The van der Waals surface area contributed by atoms with Gasteiger partial charge in [-0.3, -0.25) is 13.7 Å². The summed E-state index contributed by atoms with van der Waals surface area (Å²) in [6, 6.07) is 2.52. The van der Waals surface area contributed by atoms with E-state index in [0.717, 1.165) is 6.07 Å². The quantitative estimate of drug-likeness (QED) is 0.330. The number of ketones is 1. The molecule has 0 aliphatic heterocycles. The van der Waals surface area contributed by atoms with Crippen molar-refractivity contribution in [1.29, 1.82) is 0 Å². The number of carbonyl (C=O) groups is 1. The van der Waals surface area contributed by atoms with Gasteiger partial charge in [0.2, 0.25) is 5.78 Å². The molecule has 14 heteroatoms. The normalized spacial score (nSPS) is 18.1. The van der Waals surface area contributed by atoms with Crippen molar-refractivity contribution < 1.29 is 30.6 Å². The van der Waals surface area contributed by atoms with Crippen molar-refractivity contribution in [2.75, 3.05) is 11.9 Å². The van der Waals surface area contributed by atoms with Gasteiger partial charge in [-0.25, -0.2) is 28.3 Å². The second-order valence-corrected chi connectivity index (χ2v) is 9.39. The first-order valence-corrected chi connectivity index (χ1v) is 12.0. The van der Waals surface area contributed by atoms with E-state index in [1.165, 1.54) is 29.5 Å². The molecule has 1 aliphatic rings. The van der Waals surface area contributed by atoms with Gasteiger partial charge in [0.05, 0.1) is 18.7 Å². The number of nitrogens with zero attached hydrogens (tertiary/aromatic N) is 4. The van der Waals surface area contributed by atoms with Crippen LogP contribution in [-0.2, 0) is 21.0 Å². The van der Waals surface area contributed by atoms with Gasteiger partial charge in [0, 0.05) is 30.1 Å². The number of aromatic nitrogens is 4. The molecule has 3 N–H and O–H groups in total. The molecule has 186 valence electrons. The molecule has 2 unspecified atom stereocenters. The highest BCUT2D eigenvalue weighted by molar-refractivity contribution is 7.84. The van der Waals surface area contributed by atoms with Crippen LogP contribution in [0, 0.1) is 23.4 Å². The molecule has 0 bridgehead atoms. The minimum Gasteiger partial charge on any atom is -0.367 e. The topological polar surface area (TPSA) is 142 Å². The van der Waals surface area contributed by atoms with Crippen LogP contribution in [0.2, 0.25) is 0 Å². The largest absolute Gasteiger partial charge is 0.367 e. The first-order valence-electron chi connectivity index (χ1n) is 10.5. The lowest BCUT2D eigenvalue weighted by Crippen LogP contribution is -2.22.